The molecule has 0 spiro atoms. The van der Waals surface area contributed by atoms with Crippen molar-refractivity contribution < 1.29 is 17.2 Å². The molecule has 0 aliphatic carbocycles. The standard InChI is InChI=1S/C7H5F2N5O2S2/c8-4-1-3(10)2-5(6(4)9)18(15,16)12-7-11-13-14-17-7/h1-2H,10H2,(H,11,12,14). The van der Waals surface area contributed by atoms with E-state index in [1.54, 1.807) is 0 Å². The molecule has 11 heteroatoms. The smallest absolute Gasteiger partial charge is 0.266 e. The summed E-state index contributed by atoms with van der Waals surface area (Å²) in [7, 11) is -4.34. The summed E-state index contributed by atoms with van der Waals surface area (Å²) >= 11 is 0.649. The number of halogens is 2. The van der Waals surface area contributed by atoms with E-state index < -0.39 is 26.6 Å². The third kappa shape index (κ3) is 2.36. The van der Waals surface area contributed by atoms with Crippen LogP contribution in [-0.4, -0.2) is 23.2 Å². The summed E-state index contributed by atoms with van der Waals surface area (Å²) in [5.41, 5.74) is 5.04. The first kappa shape index (κ1) is 12.6. The van der Waals surface area contributed by atoms with E-state index in [1.807, 2.05) is 4.72 Å². The molecule has 0 radical (unpaired) electrons. The fourth-order valence-corrected chi connectivity index (χ4v) is 2.83. The Hall–Kier alpha value is -1.88. The molecule has 18 heavy (non-hydrogen) atoms. The van der Waals surface area contributed by atoms with Gasteiger partial charge in [0.25, 0.3) is 10.0 Å². The number of benzene rings is 1. The van der Waals surface area contributed by atoms with E-state index in [2.05, 4.69) is 14.8 Å². The fraction of sp³-hybridized carbons (Fsp3) is 0. The third-order valence-corrected chi connectivity index (χ3v) is 3.81. The van der Waals surface area contributed by atoms with Gasteiger partial charge in [-0.25, -0.2) is 17.2 Å². The number of aromatic nitrogens is 3. The summed E-state index contributed by atoms with van der Waals surface area (Å²) in [5, 5.41) is 6.31. The molecule has 1 heterocycles. The number of nitrogens with zero attached hydrogens (tertiary/aromatic N) is 3. The van der Waals surface area contributed by atoms with Crippen LogP contribution in [0.2, 0.25) is 0 Å². The van der Waals surface area contributed by atoms with Crippen molar-refractivity contribution >= 4 is 32.4 Å². The van der Waals surface area contributed by atoms with E-state index in [1.165, 1.54) is 0 Å². The topological polar surface area (TPSA) is 111 Å². The number of hydrogen-bond acceptors (Lipinski definition) is 7. The van der Waals surface area contributed by atoms with E-state index >= 15 is 0 Å². The summed E-state index contributed by atoms with van der Waals surface area (Å²) in [5.74, 6) is -2.88. The highest BCUT2D eigenvalue weighted by Crippen LogP contribution is 2.23. The molecular weight excluding hydrogens is 288 g/mol. The molecule has 0 unspecified atom stereocenters. The average Bonchev–Trinajstić information content (AvgIpc) is 2.75. The zero-order valence-corrected chi connectivity index (χ0v) is 10.1. The number of nitrogens with one attached hydrogen (secondary N) is 1. The van der Waals surface area contributed by atoms with Gasteiger partial charge < -0.3 is 5.73 Å². The molecular formula is C7H5F2N5O2S2. The van der Waals surface area contributed by atoms with Gasteiger partial charge in [-0.05, 0) is 17.3 Å². The first-order valence-corrected chi connectivity index (χ1v) is 6.58. The zero-order chi connectivity index (χ0) is 13.3. The summed E-state index contributed by atoms with van der Waals surface area (Å²) in [4.78, 5) is -0.907. The Bertz CT molecular complexity index is 673. The van der Waals surface area contributed by atoms with Crippen LogP contribution >= 0.6 is 11.5 Å². The van der Waals surface area contributed by atoms with E-state index in [0.717, 1.165) is 6.07 Å². The van der Waals surface area contributed by atoms with Gasteiger partial charge in [-0.15, -0.1) is 0 Å². The van der Waals surface area contributed by atoms with Crippen molar-refractivity contribution in [1.29, 1.82) is 0 Å². The van der Waals surface area contributed by atoms with Crippen molar-refractivity contribution in [1.82, 2.24) is 14.8 Å². The fourth-order valence-electron chi connectivity index (χ4n) is 1.12. The Kier molecular flexibility index (Phi) is 3.09. The van der Waals surface area contributed by atoms with E-state index in [-0.39, 0.29) is 10.8 Å². The molecule has 0 atom stereocenters. The van der Waals surface area contributed by atoms with Gasteiger partial charge in [0.15, 0.2) is 11.6 Å². The normalized spacial score (nSPS) is 11.4. The molecule has 2 rings (SSSR count). The number of sulfonamides is 1. The minimum atomic E-state index is -4.34. The maximum atomic E-state index is 13.4. The van der Waals surface area contributed by atoms with Crippen LogP contribution in [0.15, 0.2) is 17.0 Å². The maximum Gasteiger partial charge on any atom is 0.266 e. The van der Waals surface area contributed by atoms with Crippen molar-refractivity contribution in [3.8, 4) is 0 Å². The number of hydrogen-bond donors (Lipinski definition) is 2. The number of nitrogen functional groups attached to an aromatic ring is 1. The molecule has 1 aromatic heterocycles. The van der Waals surface area contributed by atoms with Gasteiger partial charge >= 0.3 is 0 Å². The number of anilines is 2. The van der Waals surface area contributed by atoms with Gasteiger partial charge in [0.05, 0.1) is 0 Å². The van der Waals surface area contributed by atoms with Crippen LogP contribution < -0.4 is 10.5 Å². The van der Waals surface area contributed by atoms with Crippen LogP contribution in [0.3, 0.4) is 0 Å². The minimum Gasteiger partial charge on any atom is -0.399 e. The Balaban J connectivity index is 2.48. The second-order valence-corrected chi connectivity index (χ2v) is 5.47. The monoisotopic (exact) mass is 293 g/mol. The predicted octanol–water partition coefficient (Wildman–Crippen LogP) is 0.594. The Labute approximate surface area is 104 Å². The van der Waals surface area contributed by atoms with Crippen molar-refractivity contribution in [2.45, 2.75) is 4.90 Å². The maximum absolute atomic E-state index is 13.4. The molecule has 3 N–H and O–H groups in total. The van der Waals surface area contributed by atoms with Gasteiger partial charge in [-0.1, -0.05) is 9.59 Å². The Morgan fingerprint density at radius 2 is 2.06 bits per heavy atom. The summed E-state index contributed by atoms with van der Waals surface area (Å²) < 4.78 is 55.2. The highest BCUT2D eigenvalue weighted by Gasteiger charge is 2.24. The molecule has 2 aromatic rings. The first-order chi connectivity index (χ1) is 8.40. The summed E-state index contributed by atoms with van der Waals surface area (Å²) in [6, 6.07) is 1.48. The predicted molar refractivity (Wildman–Crippen MR) is 59.3 cm³/mol. The summed E-state index contributed by atoms with van der Waals surface area (Å²) in [6.45, 7) is 0. The van der Waals surface area contributed by atoms with Crippen LogP contribution in [0.1, 0.15) is 0 Å². The number of nitrogens with two attached hydrogens (primary N) is 1. The van der Waals surface area contributed by atoms with Crippen LogP contribution in [0.5, 0.6) is 0 Å². The number of rotatable bonds is 3. The highest BCUT2D eigenvalue weighted by molar-refractivity contribution is 7.93. The van der Waals surface area contributed by atoms with Crippen LogP contribution in [0.25, 0.3) is 0 Å². The van der Waals surface area contributed by atoms with Gasteiger partial charge in [0.1, 0.15) is 4.90 Å². The molecule has 1 aromatic carbocycles. The van der Waals surface area contributed by atoms with E-state index in [0.29, 0.717) is 17.6 Å². The average molecular weight is 293 g/mol. The minimum absolute atomic E-state index is 0.169. The SMILES string of the molecule is Nc1cc(F)c(F)c(S(=O)(=O)Nc2nnns2)c1. The zero-order valence-electron chi connectivity index (χ0n) is 8.46. The van der Waals surface area contributed by atoms with Crippen molar-refractivity contribution in [3.63, 3.8) is 0 Å². The largest absolute Gasteiger partial charge is 0.399 e. The molecule has 0 fully saturated rings. The molecule has 0 aliphatic rings. The van der Waals surface area contributed by atoms with Gasteiger partial charge in [0, 0.05) is 17.2 Å². The van der Waals surface area contributed by atoms with Gasteiger partial charge in [-0.3, -0.25) is 4.72 Å². The molecule has 0 bridgehead atoms. The van der Waals surface area contributed by atoms with Crippen molar-refractivity contribution in [3.05, 3.63) is 23.8 Å². The highest BCUT2D eigenvalue weighted by atomic mass is 32.2. The second-order valence-electron chi connectivity index (χ2n) is 3.09. The quantitative estimate of drug-likeness (QED) is 0.801. The third-order valence-electron chi connectivity index (χ3n) is 1.83. The molecule has 0 aliphatic heterocycles. The lowest BCUT2D eigenvalue weighted by Crippen LogP contribution is -2.15. The van der Waals surface area contributed by atoms with Gasteiger partial charge in [0.2, 0.25) is 5.13 Å². The lowest BCUT2D eigenvalue weighted by Gasteiger charge is -2.07. The van der Waals surface area contributed by atoms with Crippen molar-refractivity contribution in [2.24, 2.45) is 0 Å². The van der Waals surface area contributed by atoms with Crippen LogP contribution in [0, 0.1) is 11.6 Å². The van der Waals surface area contributed by atoms with Gasteiger partial charge in [-0.2, -0.15) is 0 Å². The van der Waals surface area contributed by atoms with E-state index in [9.17, 15) is 17.2 Å². The lowest BCUT2D eigenvalue weighted by molar-refractivity contribution is 0.486. The molecule has 0 amide bonds. The molecule has 7 nitrogen and oxygen atoms in total. The Morgan fingerprint density at radius 1 is 1.33 bits per heavy atom. The second kappa shape index (κ2) is 4.42. The molecule has 96 valence electrons. The summed E-state index contributed by atoms with van der Waals surface area (Å²) in [6.07, 6.45) is 0. The first-order valence-electron chi connectivity index (χ1n) is 4.32. The van der Waals surface area contributed by atoms with E-state index in [4.69, 9.17) is 5.73 Å². The van der Waals surface area contributed by atoms with Crippen LogP contribution in [-0.2, 0) is 10.0 Å². The molecule has 0 saturated heterocycles. The lowest BCUT2D eigenvalue weighted by atomic mass is 10.3. The Morgan fingerprint density at radius 3 is 2.67 bits per heavy atom. The van der Waals surface area contributed by atoms with Crippen molar-refractivity contribution in [2.75, 3.05) is 10.5 Å². The molecule has 0 saturated carbocycles. The van der Waals surface area contributed by atoms with Crippen LogP contribution in [0.4, 0.5) is 19.6 Å².